The average molecular weight is 588 g/mol. The summed E-state index contributed by atoms with van der Waals surface area (Å²) in [6.45, 7) is 8.89. The van der Waals surface area contributed by atoms with Crippen molar-refractivity contribution in [3.8, 4) is 17.4 Å². The summed E-state index contributed by atoms with van der Waals surface area (Å²) < 4.78 is 65.9. The van der Waals surface area contributed by atoms with Crippen LogP contribution in [0.1, 0.15) is 37.9 Å². The van der Waals surface area contributed by atoms with E-state index in [0.717, 1.165) is 24.3 Å². The highest BCUT2D eigenvalue weighted by molar-refractivity contribution is 5.92. The second-order valence-electron chi connectivity index (χ2n) is 10.6. The molecule has 1 fully saturated rings. The Labute approximate surface area is 238 Å². The predicted molar refractivity (Wildman–Crippen MR) is 145 cm³/mol. The van der Waals surface area contributed by atoms with Gasteiger partial charge in [-0.25, -0.2) is 9.18 Å². The van der Waals surface area contributed by atoms with Gasteiger partial charge in [-0.05, 0) is 42.5 Å². The van der Waals surface area contributed by atoms with Gasteiger partial charge in [0, 0.05) is 31.4 Å². The maximum atomic E-state index is 14.7. The Morgan fingerprint density at radius 3 is 2.74 bits per heavy atom. The van der Waals surface area contributed by atoms with Crippen molar-refractivity contribution in [2.45, 2.75) is 51.6 Å². The molecule has 1 amide bonds. The molecule has 0 radical (unpaired) electrons. The van der Waals surface area contributed by atoms with Gasteiger partial charge in [0.1, 0.15) is 29.4 Å². The zero-order chi connectivity index (χ0) is 30.2. The second kappa shape index (κ2) is 11.1. The highest BCUT2D eigenvalue weighted by atomic mass is 19.4. The van der Waals surface area contributed by atoms with Gasteiger partial charge in [-0.15, -0.1) is 0 Å². The van der Waals surface area contributed by atoms with E-state index in [1.165, 1.54) is 22.8 Å². The van der Waals surface area contributed by atoms with Crippen LogP contribution >= 0.6 is 0 Å². The van der Waals surface area contributed by atoms with E-state index in [2.05, 4.69) is 21.9 Å². The van der Waals surface area contributed by atoms with Gasteiger partial charge in [-0.3, -0.25) is 14.3 Å². The Balaban J connectivity index is 1.30. The monoisotopic (exact) mass is 587 g/mol. The average Bonchev–Trinajstić information content (AvgIpc) is 3.44. The van der Waals surface area contributed by atoms with E-state index in [0.29, 0.717) is 37.0 Å². The maximum absolute atomic E-state index is 14.7. The number of carbonyl (C=O) groups is 1. The molecular weight excluding hydrogens is 558 g/mol. The van der Waals surface area contributed by atoms with Crippen LogP contribution in [-0.4, -0.2) is 39.1 Å². The number of hydrogen-bond acceptors (Lipinski definition) is 7. The molecule has 2 aliphatic heterocycles. The van der Waals surface area contributed by atoms with Crippen LogP contribution in [-0.2, 0) is 24.1 Å². The molecular formula is C29H29F4N5O4. The molecule has 0 bridgehead atoms. The number of benzene rings is 1. The van der Waals surface area contributed by atoms with Crippen molar-refractivity contribution in [3.63, 3.8) is 0 Å². The summed E-state index contributed by atoms with van der Waals surface area (Å²) in [6, 6.07) is 7.31. The molecule has 4 heterocycles. The molecule has 0 aliphatic carbocycles. The van der Waals surface area contributed by atoms with Crippen LogP contribution in [0.25, 0.3) is 0 Å². The fourth-order valence-electron chi connectivity index (χ4n) is 5.29. The number of carbonyl (C=O) groups excluding carboxylic acids is 1. The fraction of sp³-hybridized carbons (Fsp3) is 0.379. The summed E-state index contributed by atoms with van der Waals surface area (Å²) in [5, 5.41) is 2.96. The van der Waals surface area contributed by atoms with E-state index >= 15 is 0 Å². The predicted octanol–water partition coefficient (Wildman–Crippen LogP) is 4.85. The molecule has 0 saturated carbocycles. The lowest BCUT2D eigenvalue weighted by atomic mass is 9.92. The molecule has 2 atom stereocenters. The summed E-state index contributed by atoms with van der Waals surface area (Å²) >= 11 is 0. The van der Waals surface area contributed by atoms with Crippen molar-refractivity contribution >= 4 is 11.7 Å². The maximum Gasteiger partial charge on any atom is 0.433 e. The number of nitrogens with one attached hydrogen (secondary N) is 1. The highest BCUT2D eigenvalue weighted by Crippen LogP contribution is 2.44. The number of pyridine rings is 1. The molecule has 0 unspecified atom stereocenters. The zero-order valence-electron chi connectivity index (χ0n) is 23.0. The molecule has 1 aromatic carbocycles. The normalized spacial score (nSPS) is 19.3. The second-order valence-corrected chi connectivity index (χ2v) is 10.6. The largest absolute Gasteiger partial charge is 0.473 e. The smallest absolute Gasteiger partial charge is 0.433 e. The molecule has 13 heteroatoms. The standard InChI is InChI=1S/C29H29F4N5O4/c1-4-17(2)13-35-26(39)28-12-18(3)14-38(28)25-11-24(36-27(40)37(25)16-28)41-15-19-5-6-22(21(30)9-19)42-20-7-8-34-23(10-20)29(31,32)33/h5-11,18H,2,4,12-16H2,1,3H3,(H,35,39)/t18-,28-/m1/s1. The van der Waals surface area contributed by atoms with Crippen molar-refractivity contribution in [1.82, 2.24) is 19.9 Å². The number of alkyl halides is 3. The first-order valence-electron chi connectivity index (χ1n) is 13.4. The van der Waals surface area contributed by atoms with Crippen LogP contribution < -0.4 is 25.4 Å². The Bertz CT molecular complexity index is 1590. The van der Waals surface area contributed by atoms with E-state index in [1.54, 1.807) is 6.07 Å². The summed E-state index contributed by atoms with van der Waals surface area (Å²) in [5.74, 6) is -0.765. The van der Waals surface area contributed by atoms with Gasteiger partial charge in [0.15, 0.2) is 11.6 Å². The number of aromatic nitrogens is 3. The summed E-state index contributed by atoms with van der Waals surface area (Å²) in [7, 11) is 0. The van der Waals surface area contributed by atoms with Crippen molar-refractivity contribution in [1.29, 1.82) is 0 Å². The van der Waals surface area contributed by atoms with Gasteiger partial charge < -0.3 is 19.7 Å². The Morgan fingerprint density at radius 2 is 2.02 bits per heavy atom. The lowest BCUT2D eigenvalue weighted by molar-refractivity contribution is -0.141. The minimum atomic E-state index is -4.67. The van der Waals surface area contributed by atoms with Crippen LogP contribution in [0.2, 0.25) is 0 Å². The van der Waals surface area contributed by atoms with E-state index in [-0.39, 0.29) is 42.4 Å². The van der Waals surface area contributed by atoms with Crippen molar-refractivity contribution in [2.24, 2.45) is 5.92 Å². The third-order valence-corrected chi connectivity index (χ3v) is 7.41. The van der Waals surface area contributed by atoms with Gasteiger partial charge >= 0.3 is 11.9 Å². The van der Waals surface area contributed by atoms with Gasteiger partial charge in [0.05, 0.1) is 6.54 Å². The Morgan fingerprint density at radius 1 is 1.24 bits per heavy atom. The quantitative estimate of drug-likeness (QED) is 0.282. The van der Waals surface area contributed by atoms with Gasteiger partial charge in [0.25, 0.3) is 0 Å². The number of nitrogens with zero attached hydrogens (tertiary/aromatic N) is 4. The van der Waals surface area contributed by atoms with E-state index in [4.69, 9.17) is 9.47 Å². The lowest BCUT2D eigenvalue weighted by Gasteiger charge is -2.31. The van der Waals surface area contributed by atoms with Gasteiger partial charge in [-0.2, -0.15) is 18.2 Å². The van der Waals surface area contributed by atoms with Crippen molar-refractivity contribution in [3.05, 3.63) is 82.3 Å². The van der Waals surface area contributed by atoms with E-state index in [1.807, 2.05) is 18.7 Å². The minimum Gasteiger partial charge on any atom is -0.473 e. The summed E-state index contributed by atoms with van der Waals surface area (Å²) in [6.07, 6.45) is -2.43. The van der Waals surface area contributed by atoms with Crippen LogP contribution in [0.3, 0.4) is 0 Å². The van der Waals surface area contributed by atoms with Gasteiger partial charge in [-0.1, -0.05) is 32.1 Å². The molecule has 2 aromatic heterocycles. The molecule has 0 spiro atoms. The third-order valence-electron chi connectivity index (χ3n) is 7.41. The number of halogens is 4. The molecule has 1 saturated heterocycles. The molecule has 1 N–H and O–H groups in total. The Kier molecular flexibility index (Phi) is 7.69. The summed E-state index contributed by atoms with van der Waals surface area (Å²) in [5.41, 5.74) is -1.39. The topological polar surface area (TPSA) is 98.6 Å². The number of rotatable bonds is 9. The van der Waals surface area contributed by atoms with Crippen LogP contribution in [0.5, 0.6) is 17.4 Å². The van der Waals surface area contributed by atoms with E-state index < -0.39 is 28.9 Å². The van der Waals surface area contributed by atoms with Crippen LogP contribution in [0.4, 0.5) is 23.4 Å². The first-order valence-corrected chi connectivity index (χ1v) is 13.4. The fourth-order valence-corrected chi connectivity index (χ4v) is 5.29. The van der Waals surface area contributed by atoms with Crippen molar-refractivity contribution in [2.75, 3.05) is 18.0 Å². The SMILES string of the molecule is C=C(CC)CNC(=O)[C@]12C[C@@H](C)CN1c1cc(OCc3ccc(Oc4ccnc(C(F)(F)F)c4)c(F)c3)nc(=O)n1C2. The van der Waals surface area contributed by atoms with Gasteiger partial charge in [0.2, 0.25) is 11.8 Å². The first kappa shape index (κ1) is 29.1. The molecule has 42 heavy (non-hydrogen) atoms. The lowest BCUT2D eigenvalue weighted by Crippen LogP contribution is -2.55. The number of ether oxygens (including phenoxy) is 2. The van der Waals surface area contributed by atoms with Crippen LogP contribution in [0, 0.1) is 11.7 Å². The van der Waals surface area contributed by atoms with Crippen molar-refractivity contribution < 1.29 is 31.8 Å². The zero-order valence-corrected chi connectivity index (χ0v) is 23.0. The number of anilines is 1. The molecule has 5 rings (SSSR count). The van der Waals surface area contributed by atoms with E-state index in [9.17, 15) is 27.2 Å². The number of hydrogen-bond donors (Lipinski definition) is 1. The number of fused-ring (bicyclic) bond motifs is 3. The molecule has 3 aromatic rings. The minimum absolute atomic E-state index is 0.0126. The number of amides is 1. The van der Waals surface area contributed by atoms with Crippen LogP contribution in [0.15, 0.2) is 59.5 Å². The Hall–Kier alpha value is -4.42. The third kappa shape index (κ3) is 5.68. The molecule has 2 aliphatic rings. The first-order chi connectivity index (χ1) is 19.9. The molecule has 222 valence electrons. The molecule has 9 nitrogen and oxygen atoms in total. The summed E-state index contributed by atoms with van der Waals surface area (Å²) in [4.78, 5) is 35.5. The highest BCUT2D eigenvalue weighted by Gasteiger charge is 2.55.